The highest BCUT2D eigenvalue weighted by molar-refractivity contribution is 7.11. The Morgan fingerprint density at radius 2 is 2.07 bits per heavy atom. The van der Waals surface area contributed by atoms with Gasteiger partial charge in [-0.1, -0.05) is 6.07 Å². The van der Waals surface area contributed by atoms with Gasteiger partial charge in [-0.25, -0.2) is 9.37 Å². The number of hydrogen-bond donors (Lipinski definition) is 4. The summed E-state index contributed by atoms with van der Waals surface area (Å²) in [6, 6.07) is 4.83. The maximum atomic E-state index is 13.8. The summed E-state index contributed by atoms with van der Waals surface area (Å²) >= 11 is 1.21. The van der Waals surface area contributed by atoms with E-state index in [-0.39, 0.29) is 30.1 Å². The Bertz CT molecular complexity index is 1020. The van der Waals surface area contributed by atoms with Crippen LogP contribution in [0.15, 0.2) is 36.5 Å². The molecule has 3 rings (SSSR count). The number of carbonyl (C=O) groups is 1. The Hall–Kier alpha value is -2.76. The molecular weight excluding hydrogens is 412 g/mol. The van der Waals surface area contributed by atoms with Crippen LogP contribution in [0.1, 0.15) is 32.0 Å². The Morgan fingerprint density at radius 1 is 1.31 bits per heavy atom. The number of aliphatic hydroxyl groups excluding tert-OH is 1. The highest BCUT2D eigenvalue weighted by atomic mass is 32.1. The van der Waals surface area contributed by atoms with Crippen molar-refractivity contribution in [2.45, 2.75) is 18.8 Å². The molecule has 0 spiro atoms. The maximum absolute atomic E-state index is 13.8. The molecule has 0 radical (unpaired) electrons. The molecule has 0 fully saturated rings. The summed E-state index contributed by atoms with van der Waals surface area (Å²) in [7, 11) is 0. The zero-order chi connectivity index (χ0) is 21.2. The van der Waals surface area contributed by atoms with Gasteiger partial charge < -0.3 is 21.1 Å². The minimum atomic E-state index is -4.79. The van der Waals surface area contributed by atoms with Gasteiger partial charge in [-0.05, 0) is 24.3 Å². The number of H-pyrrole nitrogens is 1. The highest BCUT2D eigenvalue weighted by Crippen LogP contribution is 2.33. The van der Waals surface area contributed by atoms with E-state index in [9.17, 15) is 22.4 Å². The molecule has 29 heavy (non-hydrogen) atoms. The third-order valence-electron chi connectivity index (χ3n) is 4.08. The molecular formula is C18H16F4N4O2S. The van der Waals surface area contributed by atoms with E-state index in [1.54, 1.807) is 0 Å². The quantitative estimate of drug-likeness (QED) is 0.453. The molecule has 11 heteroatoms. The first-order valence-electron chi connectivity index (χ1n) is 8.35. The van der Waals surface area contributed by atoms with Gasteiger partial charge in [-0.3, -0.25) is 4.79 Å². The molecule has 0 aliphatic rings. The number of amides is 1. The Kier molecular flexibility index (Phi) is 6.01. The van der Waals surface area contributed by atoms with Crippen molar-refractivity contribution in [1.29, 1.82) is 0 Å². The number of thiazole rings is 1. The van der Waals surface area contributed by atoms with Gasteiger partial charge in [0.1, 0.15) is 16.5 Å². The molecule has 2 aromatic heterocycles. The molecule has 0 bridgehead atoms. The zero-order valence-electron chi connectivity index (χ0n) is 14.8. The zero-order valence-corrected chi connectivity index (χ0v) is 15.6. The summed E-state index contributed by atoms with van der Waals surface area (Å²) in [5.41, 5.74) is 4.90. The molecule has 3 aromatic rings. The number of nitrogens with one attached hydrogen (secondary N) is 2. The summed E-state index contributed by atoms with van der Waals surface area (Å²) in [6.07, 6.45) is -3.30. The van der Waals surface area contributed by atoms with Crippen LogP contribution in [0.4, 0.5) is 17.6 Å². The van der Waals surface area contributed by atoms with Gasteiger partial charge >= 0.3 is 6.18 Å². The number of rotatable bonds is 6. The van der Waals surface area contributed by atoms with Gasteiger partial charge in [-0.15, -0.1) is 11.3 Å². The number of nitrogens with two attached hydrogens (primary N) is 1. The molecule has 0 saturated heterocycles. The van der Waals surface area contributed by atoms with Gasteiger partial charge in [0.2, 0.25) is 0 Å². The molecule has 5 N–H and O–H groups in total. The van der Waals surface area contributed by atoms with Crippen molar-refractivity contribution in [3.05, 3.63) is 63.5 Å². The first-order chi connectivity index (χ1) is 13.7. The first-order valence-corrected chi connectivity index (χ1v) is 9.17. The van der Waals surface area contributed by atoms with Gasteiger partial charge in [0.25, 0.3) is 5.91 Å². The highest BCUT2D eigenvalue weighted by Gasteiger charge is 2.34. The van der Waals surface area contributed by atoms with E-state index < -0.39 is 29.5 Å². The fraction of sp³-hybridized carbons (Fsp3) is 0.222. The van der Waals surface area contributed by atoms with Crippen molar-refractivity contribution in [3.63, 3.8) is 0 Å². The number of halogens is 4. The average Bonchev–Trinajstić information content (AvgIpc) is 3.34. The summed E-state index contributed by atoms with van der Waals surface area (Å²) in [4.78, 5) is 20.0. The Morgan fingerprint density at radius 3 is 2.66 bits per heavy atom. The second-order valence-electron chi connectivity index (χ2n) is 6.06. The van der Waals surface area contributed by atoms with Crippen molar-refractivity contribution in [3.8, 4) is 11.3 Å². The second kappa shape index (κ2) is 8.31. The number of alkyl halides is 3. The van der Waals surface area contributed by atoms with Crippen molar-refractivity contribution in [1.82, 2.24) is 15.3 Å². The van der Waals surface area contributed by atoms with E-state index in [0.717, 1.165) is 12.1 Å². The fourth-order valence-electron chi connectivity index (χ4n) is 2.62. The van der Waals surface area contributed by atoms with E-state index in [1.807, 2.05) is 0 Å². The van der Waals surface area contributed by atoms with Crippen LogP contribution in [-0.4, -0.2) is 27.5 Å². The van der Waals surface area contributed by atoms with Crippen LogP contribution in [0.2, 0.25) is 0 Å². The smallest absolute Gasteiger partial charge is 0.391 e. The van der Waals surface area contributed by atoms with Crippen molar-refractivity contribution >= 4 is 17.2 Å². The van der Waals surface area contributed by atoms with Crippen molar-refractivity contribution in [2.75, 3.05) is 6.54 Å². The maximum Gasteiger partial charge on any atom is 0.419 e. The van der Waals surface area contributed by atoms with Crippen LogP contribution in [0.25, 0.3) is 11.3 Å². The lowest BCUT2D eigenvalue weighted by molar-refractivity contribution is -0.139. The monoisotopic (exact) mass is 428 g/mol. The number of hydrogen-bond acceptors (Lipinski definition) is 5. The normalized spacial score (nSPS) is 12.8. The molecule has 0 aliphatic carbocycles. The van der Waals surface area contributed by atoms with Crippen LogP contribution in [-0.2, 0) is 12.8 Å². The summed E-state index contributed by atoms with van der Waals surface area (Å²) in [6.45, 7) is -0.103. The molecule has 1 aromatic carbocycles. The molecule has 2 heterocycles. The summed E-state index contributed by atoms with van der Waals surface area (Å²) in [5, 5.41) is 12.3. The molecule has 154 valence electrons. The van der Waals surface area contributed by atoms with Crippen molar-refractivity contribution in [2.24, 2.45) is 5.73 Å². The number of nitrogens with zero attached hydrogens (tertiary/aromatic N) is 1. The Labute approximate surface area is 166 Å². The fourth-order valence-corrected chi connectivity index (χ4v) is 3.46. The van der Waals surface area contributed by atoms with Gasteiger partial charge in [-0.2, -0.15) is 13.2 Å². The number of aromatic nitrogens is 2. The van der Waals surface area contributed by atoms with E-state index in [0.29, 0.717) is 16.0 Å². The van der Waals surface area contributed by atoms with E-state index >= 15 is 0 Å². The third-order valence-corrected chi connectivity index (χ3v) is 5.18. The van der Waals surface area contributed by atoms with Crippen LogP contribution >= 0.6 is 11.3 Å². The minimum Gasteiger partial charge on any atom is -0.391 e. The van der Waals surface area contributed by atoms with E-state index in [1.165, 1.54) is 29.7 Å². The van der Waals surface area contributed by atoms with Gasteiger partial charge in [0.05, 0.1) is 23.1 Å². The van der Waals surface area contributed by atoms with Crippen LogP contribution in [0.5, 0.6) is 0 Å². The standard InChI is InChI=1S/C18H16F4N4O2S/c19-12-5-9(1-2-11(12)18(20,21)22)13-3-4-14(25-13)16(28)26-15(6-23)17-24-7-10(8-27)29-17/h1-5,7,15,25,27H,6,8,23H2,(H,26,28). The third kappa shape index (κ3) is 4.63. The number of aromatic amines is 1. The van der Waals surface area contributed by atoms with Crippen LogP contribution < -0.4 is 11.1 Å². The number of benzene rings is 1. The number of aliphatic hydroxyl groups is 1. The minimum absolute atomic E-state index is 0.0712. The largest absolute Gasteiger partial charge is 0.419 e. The lowest BCUT2D eigenvalue weighted by atomic mass is 10.1. The van der Waals surface area contributed by atoms with Crippen LogP contribution in [0.3, 0.4) is 0 Å². The molecule has 1 amide bonds. The number of carbonyl (C=O) groups excluding carboxylic acids is 1. The SMILES string of the molecule is NCC(NC(=O)c1ccc(-c2ccc(C(F)(F)F)c(F)c2)[nH]1)c1ncc(CO)s1. The van der Waals surface area contributed by atoms with E-state index in [4.69, 9.17) is 10.8 Å². The van der Waals surface area contributed by atoms with Gasteiger partial charge in [0, 0.05) is 24.0 Å². The van der Waals surface area contributed by atoms with Crippen LogP contribution in [0, 0.1) is 5.82 Å². The lowest BCUT2D eigenvalue weighted by Gasteiger charge is -2.13. The molecule has 1 atom stereocenters. The molecule has 1 unspecified atom stereocenters. The second-order valence-corrected chi connectivity index (χ2v) is 7.21. The average molecular weight is 428 g/mol. The van der Waals surface area contributed by atoms with Crippen molar-refractivity contribution < 1.29 is 27.5 Å². The Balaban J connectivity index is 1.77. The molecule has 0 aliphatic heterocycles. The summed E-state index contributed by atoms with van der Waals surface area (Å²) in [5.74, 6) is -1.91. The molecule has 6 nitrogen and oxygen atoms in total. The predicted molar refractivity (Wildman–Crippen MR) is 98.5 cm³/mol. The molecule has 0 saturated carbocycles. The van der Waals surface area contributed by atoms with Gasteiger partial charge in [0.15, 0.2) is 0 Å². The topological polar surface area (TPSA) is 104 Å². The summed E-state index contributed by atoms with van der Waals surface area (Å²) < 4.78 is 51.8. The predicted octanol–water partition coefficient (Wildman–Crippen LogP) is 3.22. The van der Waals surface area contributed by atoms with E-state index in [2.05, 4.69) is 15.3 Å². The lowest BCUT2D eigenvalue weighted by Crippen LogP contribution is -2.33. The first kappa shape index (κ1) is 21.0.